The highest BCUT2D eigenvalue weighted by Gasteiger charge is 2.34. The van der Waals surface area contributed by atoms with E-state index in [0.717, 1.165) is 10.4 Å². The number of hydrogen-bond donors (Lipinski definition) is 1. The number of likely N-dealkylation sites (tertiary alicyclic amines) is 1. The summed E-state index contributed by atoms with van der Waals surface area (Å²) in [4.78, 5) is 32.5. The first kappa shape index (κ1) is 13.7. The smallest absolute Gasteiger partial charge is 0.252 e. The Labute approximate surface area is 125 Å². The number of fused-ring (bicyclic) bond motifs is 1. The zero-order valence-corrected chi connectivity index (χ0v) is 12.4. The number of likely N-dealkylation sites (N-methyl/N-ethyl adjacent to an activating group) is 1. The molecule has 3 heterocycles. The standard InChI is InChI=1S/C13H14N4O3S/c1-16-10(18)6-4-8(12(16)19)17-11-7(14-13(17)21)3-5-9(15-11)20-2/h3,5,8H,4,6H2,1-2H3,(H,14,21). The van der Waals surface area contributed by atoms with Crippen LogP contribution < -0.4 is 4.74 Å². The van der Waals surface area contributed by atoms with E-state index in [1.165, 1.54) is 14.2 Å². The van der Waals surface area contributed by atoms with Crippen LogP contribution in [0.5, 0.6) is 5.88 Å². The van der Waals surface area contributed by atoms with Crippen molar-refractivity contribution < 1.29 is 14.3 Å². The summed E-state index contributed by atoms with van der Waals surface area (Å²) in [7, 11) is 3.02. The van der Waals surface area contributed by atoms with E-state index >= 15 is 0 Å². The Balaban J connectivity index is 2.15. The van der Waals surface area contributed by atoms with Gasteiger partial charge in [0.2, 0.25) is 11.8 Å². The molecule has 2 aromatic heterocycles. The third-order valence-corrected chi connectivity index (χ3v) is 3.98. The van der Waals surface area contributed by atoms with Crippen LogP contribution in [0.1, 0.15) is 18.9 Å². The Morgan fingerprint density at radius 2 is 2.19 bits per heavy atom. The molecule has 1 unspecified atom stereocenters. The van der Waals surface area contributed by atoms with Crippen LogP contribution in [0, 0.1) is 4.77 Å². The number of carbonyl (C=O) groups excluding carboxylic acids is 2. The summed E-state index contributed by atoms with van der Waals surface area (Å²) in [6.07, 6.45) is 0.730. The topological polar surface area (TPSA) is 80.2 Å². The highest BCUT2D eigenvalue weighted by molar-refractivity contribution is 7.71. The van der Waals surface area contributed by atoms with E-state index in [-0.39, 0.29) is 11.8 Å². The first-order chi connectivity index (χ1) is 10.0. The minimum atomic E-state index is -0.520. The molecule has 2 aromatic rings. The van der Waals surface area contributed by atoms with E-state index in [0.29, 0.717) is 29.1 Å². The van der Waals surface area contributed by atoms with Crippen molar-refractivity contribution in [3.8, 4) is 5.88 Å². The molecule has 7 nitrogen and oxygen atoms in total. The lowest BCUT2D eigenvalue weighted by Crippen LogP contribution is -2.43. The predicted octanol–water partition coefficient (Wildman–Crippen LogP) is 1.42. The number of methoxy groups -OCH3 is 1. The van der Waals surface area contributed by atoms with Crippen LogP contribution in [0.4, 0.5) is 0 Å². The molecule has 21 heavy (non-hydrogen) atoms. The molecule has 1 atom stereocenters. The molecule has 0 spiro atoms. The number of pyridine rings is 1. The summed E-state index contributed by atoms with van der Waals surface area (Å²) in [6, 6.07) is 3.00. The molecule has 1 N–H and O–H groups in total. The number of rotatable bonds is 2. The molecule has 0 aliphatic carbocycles. The van der Waals surface area contributed by atoms with Crippen LogP contribution in [0.2, 0.25) is 0 Å². The van der Waals surface area contributed by atoms with E-state index in [1.54, 1.807) is 16.7 Å². The van der Waals surface area contributed by atoms with Crippen molar-refractivity contribution >= 4 is 35.2 Å². The number of imidazole rings is 1. The summed E-state index contributed by atoms with van der Waals surface area (Å²) in [6.45, 7) is 0. The van der Waals surface area contributed by atoms with Gasteiger partial charge in [0.1, 0.15) is 6.04 Å². The molecule has 110 valence electrons. The van der Waals surface area contributed by atoms with Gasteiger partial charge >= 0.3 is 0 Å². The molecule has 8 heteroatoms. The normalized spacial score (nSPS) is 19.3. The fraction of sp³-hybridized carbons (Fsp3) is 0.385. The van der Waals surface area contributed by atoms with Crippen LogP contribution in [0.15, 0.2) is 12.1 Å². The number of carbonyl (C=O) groups is 2. The zero-order chi connectivity index (χ0) is 15.1. The van der Waals surface area contributed by atoms with Crippen molar-refractivity contribution in [1.29, 1.82) is 0 Å². The highest BCUT2D eigenvalue weighted by atomic mass is 32.1. The Morgan fingerprint density at radius 1 is 1.43 bits per heavy atom. The number of piperidine rings is 1. The average Bonchev–Trinajstić information content (AvgIpc) is 2.80. The van der Waals surface area contributed by atoms with Gasteiger partial charge in [0, 0.05) is 19.5 Å². The second kappa shape index (κ2) is 4.96. The van der Waals surface area contributed by atoms with E-state index in [2.05, 4.69) is 9.97 Å². The van der Waals surface area contributed by atoms with Crippen LogP contribution in [-0.2, 0) is 9.59 Å². The lowest BCUT2D eigenvalue weighted by molar-refractivity contribution is -0.149. The Morgan fingerprint density at radius 3 is 2.90 bits per heavy atom. The fourth-order valence-corrected chi connectivity index (χ4v) is 2.85. The van der Waals surface area contributed by atoms with Gasteiger partial charge in [-0.05, 0) is 24.7 Å². The molecule has 1 aliphatic heterocycles. The summed E-state index contributed by atoms with van der Waals surface area (Å²) in [5.41, 5.74) is 1.29. The van der Waals surface area contributed by atoms with Crippen LogP contribution in [0.25, 0.3) is 11.2 Å². The summed E-state index contributed by atoms with van der Waals surface area (Å²) in [5, 5.41) is 0. The molecular weight excluding hydrogens is 292 g/mol. The number of nitrogens with zero attached hydrogens (tertiary/aromatic N) is 3. The summed E-state index contributed by atoms with van der Waals surface area (Å²) < 4.78 is 7.19. The number of H-pyrrole nitrogens is 1. The zero-order valence-electron chi connectivity index (χ0n) is 11.6. The Kier molecular flexibility index (Phi) is 3.25. The van der Waals surface area contributed by atoms with Gasteiger partial charge in [-0.15, -0.1) is 0 Å². The maximum atomic E-state index is 12.3. The number of aromatic amines is 1. The maximum Gasteiger partial charge on any atom is 0.252 e. The molecule has 3 rings (SSSR count). The molecule has 0 aromatic carbocycles. The van der Waals surface area contributed by atoms with E-state index < -0.39 is 6.04 Å². The first-order valence-corrected chi connectivity index (χ1v) is 6.89. The lowest BCUT2D eigenvalue weighted by atomic mass is 10.0. The molecule has 1 aliphatic rings. The Bertz CT molecular complexity index is 794. The van der Waals surface area contributed by atoms with Crippen molar-refractivity contribution in [3.05, 3.63) is 16.9 Å². The van der Waals surface area contributed by atoms with E-state index in [1.807, 2.05) is 0 Å². The minimum Gasteiger partial charge on any atom is -0.481 e. The largest absolute Gasteiger partial charge is 0.481 e. The summed E-state index contributed by atoms with van der Waals surface area (Å²) in [5.74, 6) is -0.000964. The van der Waals surface area contributed by atoms with Gasteiger partial charge in [-0.2, -0.15) is 4.98 Å². The number of ether oxygens (including phenoxy) is 1. The molecule has 0 radical (unpaired) electrons. The molecule has 0 bridgehead atoms. The van der Waals surface area contributed by atoms with Crippen LogP contribution in [0.3, 0.4) is 0 Å². The van der Waals surface area contributed by atoms with Crippen LogP contribution in [-0.4, -0.2) is 45.4 Å². The fourth-order valence-electron chi connectivity index (χ4n) is 2.52. The van der Waals surface area contributed by atoms with Gasteiger partial charge in [-0.3, -0.25) is 19.1 Å². The first-order valence-electron chi connectivity index (χ1n) is 6.48. The van der Waals surface area contributed by atoms with Gasteiger partial charge in [-0.1, -0.05) is 0 Å². The van der Waals surface area contributed by atoms with Gasteiger partial charge in [-0.25, -0.2) is 0 Å². The van der Waals surface area contributed by atoms with E-state index in [9.17, 15) is 9.59 Å². The third-order valence-electron chi connectivity index (χ3n) is 3.68. The quantitative estimate of drug-likeness (QED) is 0.670. The van der Waals surface area contributed by atoms with Crippen molar-refractivity contribution in [3.63, 3.8) is 0 Å². The van der Waals surface area contributed by atoms with E-state index in [4.69, 9.17) is 17.0 Å². The van der Waals surface area contributed by atoms with Gasteiger partial charge in [0.15, 0.2) is 10.4 Å². The third kappa shape index (κ3) is 2.11. The number of amides is 2. The number of hydrogen-bond acceptors (Lipinski definition) is 5. The van der Waals surface area contributed by atoms with Crippen molar-refractivity contribution in [2.45, 2.75) is 18.9 Å². The predicted molar refractivity (Wildman–Crippen MR) is 77.5 cm³/mol. The molecule has 1 fully saturated rings. The number of imide groups is 1. The Hall–Kier alpha value is -2.22. The maximum absolute atomic E-state index is 12.3. The average molecular weight is 306 g/mol. The molecule has 2 amide bonds. The monoisotopic (exact) mass is 306 g/mol. The van der Waals surface area contributed by atoms with Crippen molar-refractivity contribution in [1.82, 2.24) is 19.4 Å². The van der Waals surface area contributed by atoms with Gasteiger partial charge in [0.25, 0.3) is 5.91 Å². The van der Waals surface area contributed by atoms with Gasteiger partial charge < -0.3 is 9.72 Å². The number of nitrogens with one attached hydrogen (secondary N) is 1. The van der Waals surface area contributed by atoms with Crippen LogP contribution >= 0.6 is 12.2 Å². The second-order valence-electron chi connectivity index (χ2n) is 4.87. The summed E-state index contributed by atoms with van der Waals surface area (Å²) >= 11 is 5.31. The highest BCUT2D eigenvalue weighted by Crippen LogP contribution is 2.27. The molecular formula is C13H14N4O3S. The van der Waals surface area contributed by atoms with Gasteiger partial charge in [0.05, 0.1) is 12.6 Å². The van der Waals surface area contributed by atoms with Crippen molar-refractivity contribution in [2.75, 3.05) is 14.2 Å². The second-order valence-corrected chi connectivity index (χ2v) is 5.26. The molecule has 0 saturated carbocycles. The SMILES string of the molecule is COc1ccc2[nH]c(=S)n(C3CCC(=O)N(C)C3=O)c2n1. The van der Waals surface area contributed by atoms with Crippen molar-refractivity contribution in [2.24, 2.45) is 0 Å². The minimum absolute atomic E-state index is 0.173. The lowest BCUT2D eigenvalue weighted by Gasteiger charge is -2.28. The number of aromatic nitrogens is 3. The molecule has 1 saturated heterocycles.